The van der Waals surface area contributed by atoms with E-state index in [9.17, 15) is 18.5 Å². The highest BCUT2D eigenvalue weighted by molar-refractivity contribution is 9.10. The zero-order valence-electron chi connectivity index (χ0n) is 37.9. The zero-order chi connectivity index (χ0) is 46.7. The molecule has 1 saturated carbocycles. The number of amides is 2. The first-order valence-electron chi connectivity index (χ1n) is 22.8. The molecule has 0 radical (unpaired) electrons. The van der Waals surface area contributed by atoms with E-state index >= 15 is 8.78 Å². The summed E-state index contributed by atoms with van der Waals surface area (Å²) in [6, 6.07) is 12.3. The number of methoxy groups -OCH3 is 1. The summed E-state index contributed by atoms with van der Waals surface area (Å²) >= 11 is 3.57. The van der Waals surface area contributed by atoms with Crippen LogP contribution in [0.2, 0.25) is 0 Å². The first kappa shape index (κ1) is 46.1. The number of benzene rings is 3. The van der Waals surface area contributed by atoms with E-state index in [4.69, 9.17) is 9.72 Å². The lowest BCUT2D eigenvalue weighted by molar-refractivity contribution is -0.134. The number of piperidine rings is 3. The Balaban J connectivity index is 0.824. The summed E-state index contributed by atoms with van der Waals surface area (Å²) < 4.78 is 65.4. The first-order chi connectivity index (χ1) is 31.5. The van der Waals surface area contributed by atoms with Gasteiger partial charge < -0.3 is 29.7 Å². The number of fused-ring (bicyclic) bond motifs is 1. The van der Waals surface area contributed by atoms with Crippen LogP contribution in [0.4, 0.5) is 42.0 Å². The van der Waals surface area contributed by atoms with Crippen LogP contribution >= 0.6 is 23.1 Å². The van der Waals surface area contributed by atoms with Gasteiger partial charge in [-0.3, -0.25) is 19.9 Å². The Morgan fingerprint density at radius 2 is 1.62 bits per heavy atom. The minimum atomic E-state index is -2.92. The number of carbonyl (C=O) groups is 2. The molecule has 9 rings (SSSR count). The number of imide groups is 1. The fourth-order valence-corrected chi connectivity index (χ4v) is 12.3. The maximum Gasteiger partial charge on any atom is 0.234 e. The minimum Gasteiger partial charge on any atom is -0.494 e. The molecule has 1 spiro atoms. The van der Waals surface area contributed by atoms with Crippen molar-refractivity contribution in [1.29, 1.82) is 0 Å². The number of nitrogens with zero attached hydrogens (tertiary/aromatic N) is 5. The van der Waals surface area contributed by atoms with Crippen molar-refractivity contribution in [1.82, 2.24) is 25.2 Å². The predicted molar refractivity (Wildman–Crippen MR) is 256 cm³/mol. The Kier molecular flexibility index (Phi) is 12.7. The van der Waals surface area contributed by atoms with Crippen LogP contribution in [0.1, 0.15) is 92.5 Å². The van der Waals surface area contributed by atoms with Crippen molar-refractivity contribution < 1.29 is 32.1 Å². The highest BCUT2D eigenvalue weighted by Crippen LogP contribution is 2.48. The molecule has 2 aromatic heterocycles. The molecule has 1 atom stereocenters. The van der Waals surface area contributed by atoms with E-state index in [0.717, 1.165) is 82.5 Å². The lowest BCUT2D eigenvalue weighted by atomic mass is 9.69. The second-order valence-electron chi connectivity index (χ2n) is 18.9. The lowest BCUT2D eigenvalue weighted by Crippen LogP contribution is -2.52. The molecule has 3 aromatic carbocycles. The van der Waals surface area contributed by atoms with Gasteiger partial charge in [0.1, 0.15) is 36.2 Å². The van der Waals surface area contributed by atoms with E-state index in [2.05, 4.69) is 70.7 Å². The summed E-state index contributed by atoms with van der Waals surface area (Å²) in [5.74, 6) is -2.44. The molecule has 66 heavy (non-hydrogen) atoms. The zero-order valence-corrected chi connectivity index (χ0v) is 40.4. The van der Waals surface area contributed by atoms with Gasteiger partial charge in [0.05, 0.1) is 40.1 Å². The summed E-state index contributed by atoms with van der Waals surface area (Å²) in [5, 5.41) is 9.88. The Bertz CT molecular complexity index is 2760. The van der Waals surface area contributed by atoms with E-state index in [1.165, 1.54) is 23.8 Å². The predicted octanol–water partition coefficient (Wildman–Crippen LogP) is 9.97. The van der Waals surface area contributed by atoms with Crippen molar-refractivity contribution in [2.24, 2.45) is 5.41 Å². The minimum absolute atomic E-state index is 0.0669. The Hall–Kier alpha value is -5.05. The maximum absolute atomic E-state index is 15.3. The third-order valence-electron chi connectivity index (χ3n) is 14.5. The molecule has 4 fully saturated rings. The van der Waals surface area contributed by atoms with E-state index < -0.39 is 42.3 Å². The Labute approximate surface area is 391 Å². The van der Waals surface area contributed by atoms with E-state index in [1.54, 1.807) is 45.7 Å². The summed E-state index contributed by atoms with van der Waals surface area (Å²) in [5.41, 5.74) is 5.10. The van der Waals surface area contributed by atoms with Crippen molar-refractivity contribution >= 4 is 79.9 Å². The van der Waals surface area contributed by atoms with E-state index in [-0.39, 0.29) is 35.4 Å². The summed E-state index contributed by atoms with van der Waals surface area (Å²) in [6.45, 7) is 11.0. The van der Waals surface area contributed by atoms with Crippen molar-refractivity contribution in [3.63, 3.8) is 0 Å². The van der Waals surface area contributed by atoms with Gasteiger partial charge in [0.15, 0.2) is 0 Å². The van der Waals surface area contributed by atoms with Gasteiger partial charge in [0, 0.05) is 59.8 Å². The molecule has 0 bridgehead atoms. The fourth-order valence-electron chi connectivity index (χ4n) is 10.6. The third kappa shape index (κ3) is 9.04. The monoisotopic (exact) mass is 986 g/mol. The first-order valence-corrected chi connectivity index (χ1v) is 26.2. The molecule has 4 aliphatic rings. The number of halogens is 4. The number of rotatable bonds is 11. The number of hydrogen-bond acceptors (Lipinski definition) is 11. The smallest absolute Gasteiger partial charge is 0.234 e. The van der Waals surface area contributed by atoms with Crippen LogP contribution in [0.15, 0.2) is 53.1 Å². The molecule has 17 heteroatoms. The maximum atomic E-state index is 15.3. The second kappa shape index (κ2) is 18.2. The topological polar surface area (TPSA) is 142 Å². The molecule has 3 aliphatic heterocycles. The lowest BCUT2D eigenvalue weighted by Gasteiger charge is -2.51. The Morgan fingerprint density at radius 1 is 0.924 bits per heavy atom. The van der Waals surface area contributed by atoms with Gasteiger partial charge in [0.2, 0.25) is 17.8 Å². The van der Waals surface area contributed by atoms with Crippen LogP contribution in [-0.4, -0.2) is 84.3 Å². The molecule has 12 nitrogen and oxygen atoms in total. The number of anilines is 5. The van der Waals surface area contributed by atoms with E-state index in [0.29, 0.717) is 55.5 Å². The third-order valence-corrected chi connectivity index (χ3v) is 16.6. The molecule has 3 N–H and O–H groups in total. The number of pyridine rings is 1. The van der Waals surface area contributed by atoms with Crippen LogP contribution in [0.3, 0.4) is 0 Å². The number of hydrogen-bond donors (Lipinski definition) is 3. The van der Waals surface area contributed by atoms with Gasteiger partial charge in [-0.2, -0.15) is 4.98 Å². The number of aromatic nitrogens is 3. The highest BCUT2D eigenvalue weighted by atomic mass is 79.9. The van der Waals surface area contributed by atoms with Gasteiger partial charge in [-0.1, -0.05) is 6.92 Å². The van der Waals surface area contributed by atoms with Crippen LogP contribution < -0.4 is 30.9 Å². The number of carbonyl (C=O) groups excluding carboxylic acids is 2. The van der Waals surface area contributed by atoms with Gasteiger partial charge in [-0.25, -0.2) is 18.2 Å². The molecule has 0 unspecified atom stereocenters. The number of nitrogens with one attached hydrogen (secondary N) is 3. The second-order valence-corrected chi connectivity index (χ2v) is 22.9. The van der Waals surface area contributed by atoms with Crippen molar-refractivity contribution in [3.05, 3.63) is 93.0 Å². The average molecular weight is 988 g/mol. The van der Waals surface area contributed by atoms with Crippen molar-refractivity contribution in [2.75, 3.05) is 62.2 Å². The number of aryl methyl sites for hydroxylation is 2. The molecule has 3 saturated heterocycles. The standard InChI is InChI=1S/C49H55BrF3N8O4P/c1-6-28-23-40(57-48-54-26-34(50)46(59-48)56-39-9-8-38-33(45(39)66(4,5)64)24-35(51)27(2)55-38)42(65-3)25-41(28)61-17-13-49(14-18-61)11-15-60(16-12-49)31-19-29(20-31)30-21-36(52)44(37(53)22-30)32-7-10-43(62)58-47(32)63/h8-9,21-26,29,31-32H,6-7,10-20H2,1-5H3,(H,58,62,63)(H2,54,56,57,59)/t29?,31?,32-/m1/s1. The SMILES string of the molecule is CCc1cc(Nc2ncc(Br)c(Nc3ccc4nc(C)c(F)cc4c3P(C)(C)=O)n2)c(OC)cc1N1CCC2(CC1)CCN(C1CC(c3cc(F)c([C@H]4CCC(=O)NC4=O)c(F)c3)C1)CC2. The van der Waals surface area contributed by atoms with Gasteiger partial charge in [-0.15, -0.1) is 0 Å². The molecular weight excluding hydrogens is 932 g/mol. The summed E-state index contributed by atoms with van der Waals surface area (Å²) in [6.07, 6.45) is 8.75. The van der Waals surface area contributed by atoms with Gasteiger partial charge >= 0.3 is 0 Å². The van der Waals surface area contributed by atoms with Crippen LogP contribution in [0.5, 0.6) is 5.75 Å². The highest BCUT2D eigenvalue weighted by Gasteiger charge is 2.43. The van der Waals surface area contributed by atoms with Crippen molar-refractivity contribution in [3.8, 4) is 5.75 Å². The molecule has 1 aliphatic carbocycles. The quantitative estimate of drug-likeness (QED) is 0.0861. The fraction of sp³-hybridized carbons (Fsp3) is 0.449. The summed E-state index contributed by atoms with van der Waals surface area (Å²) in [4.78, 5) is 42.7. The van der Waals surface area contributed by atoms with Crippen LogP contribution in [0, 0.1) is 29.8 Å². The van der Waals surface area contributed by atoms with Crippen LogP contribution in [-0.2, 0) is 20.6 Å². The van der Waals surface area contributed by atoms with Gasteiger partial charge in [0.25, 0.3) is 0 Å². The van der Waals surface area contributed by atoms with Crippen LogP contribution in [0.25, 0.3) is 10.9 Å². The molecule has 5 aromatic rings. The Morgan fingerprint density at radius 3 is 2.27 bits per heavy atom. The van der Waals surface area contributed by atoms with Crippen molar-refractivity contribution in [2.45, 2.75) is 89.5 Å². The average Bonchev–Trinajstić information content (AvgIpc) is 3.26. The number of likely N-dealkylation sites (tertiary alicyclic amines) is 1. The summed E-state index contributed by atoms with van der Waals surface area (Å²) in [7, 11) is -1.27. The van der Waals surface area contributed by atoms with E-state index in [1.807, 2.05) is 0 Å². The molecule has 5 heterocycles. The molecule has 348 valence electrons. The normalized spacial score (nSPS) is 21.2. The largest absolute Gasteiger partial charge is 0.494 e. The van der Waals surface area contributed by atoms with Gasteiger partial charge in [-0.05, 0) is 159 Å². The molecule has 2 amide bonds. The number of ether oxygens (including phenoxy) is 1. The molecular formula is C49H55BrF3N8O4P.